The van der Waals surface area contributed by atoms with E-state index in [0.717, 1.165) is 0 Å². The molecule has 0 fully saturated rings. The van der Waals surface area contributed by atoms with Gasteiger partial charge in [-0.2, -0.15) is 15.4 Å². The second-order valence-electron chi connectivity index (χ2n) is 2.94. The van der Waals surface area contributed by atoms with Crippen LogP contribution in [0.3, 0.4) is 0 Å². The van der Waals surface area contributed by atoms with Gasteiger partial charge in [-0.15, -0.1) is 0 Å². The van der Waals surface area contributed by atoms with Crippen LogP contribution < -0.4 is 0 Å². The van der Waals surface area contributed by atoms with Crippen LogP contribution in [0.4, 0.5) is 0 Å². The molecule has 15 heavy (non-hydrogen) atoms. The molecular formula is C9H16N4O2. The Hall–Kier alpha value is -1.43. The van der Waals surface area contributed by atoms with Crippen LogP contribution in [0.5, 0.6) is 0 Å². The average Bonchev–Trinajstić information content (AvgIpc) is 2.77. The lowest BCUT2D eigenvalue weighted by atomic mass is 10.4. The number of aromatic nitrogens is 3. The van der Waals surface area contributed by atoms with E-state index in [0.29, 0.717) is 32.0 Å². The van der Waals surface area contributed by atoms with E-state index in [2.05, 4.69) is 15.4 Å². The number of hydrogen-bond donors (Lipinski definition) is 1. The van der Waals surface area contributed by atoms with Crippen molar-refractivity contribution in [1.29, 1.82) is 0 Å². The Balaban J connectivity index is 2.47. The number of H-pyrrole nitrogens is 1. The van der Waals surface area contributed by atoms with Gasteiger partial charge >= 0.3 is 0 Å². The van der Waals surface area contributed by atoms with Gasteiger partial charge in [-0.1, -0.05) is 0 Å². The normalized spacial score (nSPS) is 10.3. The molecule has 1 N–H and O–H groups in total. The summed E-state index contributed by atoms with van der Waals surface area (Å²) in [4.78, 5) is 13.5. The Bertz CT molecular complexity index is 286. The molecule has 1 aromatic rings. The van der Waals surface area contributed by atoms with Crippen molar-refractivity contribution in [2.75, 3.05) is 26.3 Å². The standard InChI is InChI=1S/C9H16N4O2/c1-3-13(5-6-15-4-2)9(14)8-7-10-12-11-8/h7H,3-6H2,1-2H3,(H,10,11,12). The van der Waals surface area contributed by atoms with Crippen molar-refractivity contribution in [2.24, 2.45) is 0 Å². The quantitative estimate of drug-likeness (QED) is 0.688. The first-order valence-electron chi connectivity index (χ1n) is 5.02. The molecule has 1 heterocycles. The Kier molecular flexibility index (Phi) is 4.76. The summed E-state index contributed by atoms with van der Waals surface area (Å²) >= 11 is 0. The summed E-state index contributed by atoms with van der Waals surface area (Å²) in [5.41, 5.74) is 0.341. The monoisotopic (exact) mass is 212 g/mol. The lowest BCUT2D eigenvalue weighted by Gasteiger charge is -2.19. The van der Waals surface area contributed by atoms with Crippen molar-refractivity contribution in [3.05, 3.63) is 11.9 Å². The van der Waals surface area contributed by atoms with Gasteiger partial charge in [-0.25, -0.2) is 0 Å². The largest absolute Gasteiger partial charge is 0.380 e. The van der Waals surface area contributed by atoms with Gasteiger partial charge in [0.05, 0.1) is 12.8 Å². The first-order chi connectivity index (χ1) is 7.29. The fourth-order valence-electron chi connectivity index (χ4n) is 1.19. The zero-order valence-electron chi connectivity index (χ0n) is 9.06. The van der Waals surface area contributed by atoms with E-state index >= 15 is 0 Å². The van der Waals surface area contributed by atoms with Crippen molar-refractivity contribution >= 4 is 5.91 Å². The third kappa shape index (κ3) is 3.32. The van der Waals surface area contributed by atoms with Crippen LogP contribution in [0.15, 0.2) is 6.20 Å². The van der Waals surface area contributed by atoms with E-state index in [9.17, 15) is 4.79 Å². The summed E-state index contributed by atoms with van der Waals surface area (Å²) in [6.45, 7) is 6.28. The fourth-order valence-corrected chi connectivity index (χ4v) is 1.19. The topological polar surface area (TPSA) is 71.1 Å². The number of hydrogen-bond acceptors (Lipinski definition) is 4. The maximum atomic E-state index is 11.8. The molecule has 0 unspecified atom stereocenters. The summed E-state index contributed by atoms with van der Waals surface area (Å²) in [6.07, 6.45) is 1.42. The van der Waals surface area contributed by atoms with Gasteiger partial charge in [0.1, 0.15) is 0 Å². The molecule has 0 bridgehead atoms. The van der Waals surface area contributed by atoms with E-state index in [4.69, 9.17) is 4.74 Å². The van der Waals surface area contributed by atoms with Crippen LogP contribution in [0.2, 0.25) is 0 Å². The molecule has 0 saturated heterocycles. The third-order valence-electron chi connectivity index (χ3n) is 2.01. The minimum atomic E-state index is -0.119. The predicted molar refractivity (Wildman–Crippen MR) is 54.5 cm³/mol. The number of carbonyl (C=O) groups excluding carboxylic acids is 1. The smallest absolute Gasteiger partial charge is 0.276 e. The van der Waals surface area contributed by atoms with Gasteiger partial charge in [0.2, 0.25) is 0 Å². The maximum Gasteiger partial charge on any atom is 0.276 e. The van der Waals surface area contributed by atoms with Gasteiger partial charge in [0.25, 0.3) is 5.91 Å². The number of nitrogens with one attached hydrogen (secondary N) is 1. The second-order valence-corrected chi connectivity index (χ2v) is 2.94. The summed E-state index contributed by atoms with van der Waals surface area (Å²) in [5.74, 6) is -0.119. The Labute approximate surface area is 88.6 Å². The molecule has 6 nitrogen and oxygen atoms in total. The number of aromatic amines is 1. The van der Waals surface area contributed by atoms with Crippen LogP contribution in [-0.4, -0.2) is 52.5 Å². The average molecular weight is 212 g/mol. The molecule has 1 aromatic heterocycles. The zero-order valence-corrected chi connectivity index (χ0v) is 9.06. The molecule has 0 atom stereocenters. The lowest BCUT2D eigenvalue weighted by molar-refractivity contribution is 0.0663. The van der Waals surface area contributed by atoms with Crippen molar-refractivity contribution in [3.63, 3.8) is 0 Å². The van der Waals surface area contributed by atoms with Gasteiger partial charge in [-0.3, -0.25) is 4.79 Å². The van der Waals surface area contributed by atoms with Gasteiger partial charge in [0, 0.05) is 19.7 Å². The van der Waals surface area contributed by atoms with E-state index in [-0.39, 0.29) is 5.91 Å². The number of likely N-dealkylation sites (N-methyl/N-ethyl adjacent to an activating group) is 1. The highest BCUT2D eigenvalue weighted by atomic mass is 16.5. The van der Waals surface area contributed by atoms with Crippen LogP contribution in [0.25, 0.3) is 0 Å². The first kappa shape index (κ1) is 11.6. The summed E-state index contributed by atoms with van der Waals surface area (Å²) < 4.78 is 5.20. The lowest BCUT2D eigenvalue weighted by Crippen LogP contribution is -2.34. The molecule has 0 saturated carbocycles. The molecule has 84 valence electrons. The van der Waals surface area contributed by atoms with Crippen LogP contribution >= 0.6 is 0 Å². The van der Waals surface area contributed by atoms with Gasteiger partial charge < -0.3 is 9.64 Å². The Morgan fingerprint density at radius 1 is 1.60 bits per heavy atom. The SMILES string of the molecule is CCOCCN(CC)C(=O)c1cn[nH]n1. The molecule has 0 aromatic carbocycles. The van der Waals surface area contributed by atoms with E-state index in [1.54, 1.807) is 4.90 Å². The van der Waals surface area contributed by atoms with Crippen molar-refractivity contribution < 1.29 is 9.53 Å². The van der Waals surface area contributed by atoms with E-state index in [1.165, 1.54) is 6.20 Å². The van der Waals surface area contributed by atoms with Crippen LogP contribution in [0, 0.1) is 0 Å². The molecular weight excluding hydrogens is 196 g/mol. The van der Waals surface area contributed by atoms with Crippen molar-refractivity contribution in [1.82, 2.24) is 20.3 Å². The second kappa shape index (κ2) is 6.13. The number of amides is 1. The van der Waals surface area contributed by atoms with Gasteiger partial charge in [0.15, 0.2) is 5.69 Å². The first-order valence-corrected chi connectivity index (χ1v) is 5.02. The van der Waals surface area contributed by atoms with Crippen LogP contribution in [-0.2, 0) is 4.74 Å². The van der Waals surface area contributed by atoms with Gasteiger partial charge in [-0.05, 0) is 13.8 Å². The molecule has 1 rings (SSSR count). The van der Waals surface area contributed by atoms with E-state index < -0.39 is 0 Å². The molecule has 0 aliphatic rings. The highest BCUT2D eigenvalue weighted by molar-refractivity contribution is 5.91. The number of ether oxygens (including phenoxy) is 1. The van der Waals surface area contributed by atoms with Crippen LogP contribution in [0.1, 0.15) is 24.3 Å². The molecule has 0 spiro atoms. The highest BCUT2D eigenvalue weighted by Gasteiger charge is 2.15. The summed E-state index contributed by atoms with van der Waals surface area (Å²) in [7, 11) is 0. The number of nitrogens with zero attached hydrogens (tertiary/aromatic N) is 3. The molecule has 0 radical (unpaired) electrons. The number of carbonyl (C=O) groups is 1. The van der Waals surface area contributed by atoms with Crippen molar-refractivity contribution in [3.8, 4) is 0 Å². The van der Waals surface area contributed by atoms with Crippen molar-refractivity contribution in [2.45, 2.75) is 13.8 Å². The Morgan fingerprint density at radius 3 is 2.93 bits per heavy atom. The summed E-state index contributed by atoms with van der Waals surface area (Å²) in [6, 6.07) is 0. The molecule has 1 amide bonds. The number of rotatable bonds is 6. The molecule has 6 heteroatoms. The fraction of sp³-hybridized carbons (Fsp3) is 0.667. The van der Waals surface area contributed by atoms with E-state index in [1.807, 2.05) is 13.8 Å². The minimum Gasteiger partial charge on any atom is -0.380 e. The Morgan fingerprint density at radius 2 is 2.40 bits per heavy atom. The summed E-state index contributed by atoms with van der Waals surface area (Å²) in [5, 5.41) is 9.76. The third-order valence-corrected chi connectivity index (χ3v) is 2.01. The minimum absolute atomic E-state index is 0.119. The maximum absolute atomic E-state index is 11.8. The zero-order chi connectivity index (χ0) is 11.1. The highest BCUT2D eigenvalue weighted by Crippen LogP contribution is 1.98. The molecule has 0 aliphatic heterocycles. The predicted octanol–water partition coefficient (Wildman–Crippen LogP) is 0.303. The molecule has 0 aliphatic carbocycles.